The van der Waals surface area contributed by atoms with Crippen molar-refractivity contribution in [3.63, 3.8) is 0 Å². The molecule has 3 rings (SSSR count). The van der Waals surface area contributed by atoms with Crippen LogP contribution in [0.4, 0.5) is 0 Å². The molecule has 0 saturated heterocycles. The Labute approximate surface area is 127 Å². The van der Waals surface area contributed by atoms with Gasteiger partial charge in [-0.15, -0.1) is 11.3 Å². The zero-order valence-corrected chi connectivity index (χ0v) is 12.5. The lowest BCUT2D eigenvalue weighted by atomic mass is 10.1. The number of benzene rings is 1. The summed E-state index contributed by atoms with van der Waals surface area (Å²) in [4.78, 5) is 5.70. The molecular weight excluding hydrogens is 282 g/mol. The summed E-state index contributed by atoms with van der Waals surface area (Å²) in [5.41, 5.74) is 1.13. The van der Waals surface area contributed by atoms with Gasteiger partial charge < -0.3 is 9.67 Å². The molecular formula is C16H17N3OS. The first kappa shape index (κ1) is 13.9. The van der Waals surface area contributed by atoms with Crippen LogP contribution in [0.3, 0.4) is 0 Å². The highest BCUT2D eigenvalue weighted by Gasteiger charge is 2.18. The van der Waals surface area contributed by atoms with Gasteiger partial charge in [0.05, 0.1) is 0 Å². The van der Waals surface area contributed by atoms with Gasteiger partial charge in [-0.3, -0.25) is 5.32 Å². The van der Waals surface area contributed by atoms with Crippen LogP contribution >= 0.6 is 11.3 Å². The van der Waals surface area contributed by atoms with Crippen LogP contribution in [-0.2, 0) is 13.6 Å². The Kier molecular flexibility index (Phi) is 4.03. The molecule has 2 heterocycles. The van der Waals surface area contributed by atoms with Crippen molar-refractivity contribution < 1.29 is 5.11 Å². The SMILES string of the molecule is Cn1ccnc1C(NCc1ccc(O)cc1)c1cccs1. The number of phenols is 1. The molecule has 0 aliphatic rings. The third-order valence-electron chi connectivity index (χ3n) is 3.39. The van der Waals surface area contributed by atoms with Crippen molar-refractivity contribution >= 4 is 11.3 Å². The minimum Gasteiger partial charge on any atom is -0.508 e. The van der Waals surface area contributed by atoms with E-state index in [1.807, 2.05) is 36.1 Å². The molecule has 2 N–H and O–H groups in total. The Morgan fingerprint density at radius 2 is 2.10 bits per heavy atom. The summed E-state index contributed by atoms with van der Waals surface area (Å²) >= 11 is 1.72. The molecule has 5 heteroatoms. The van der Waals surface area contributed by atoms with E-state index >= 15 is 0 Å². The summed E-state index contributed by atoms with van der Waals surface area (Å²) in [6.07, 6.45) is 3.77. The minimum atomic E-state index is 0.0683. The van der Waals surface area contributed by atoms with Gasteiger partial charge in [0.2, 0.25) is 0 Å². The largest absolute Gasteiger partial charge is 0.508 e. The van der Waals surface area contributed by atoms with Crippen molar-refractivity contribution in [1.29, 1.82) is 0 Å². The molecule has 0 fully saturated rings. The average Bonchev–Trinajstić information content (AvgIpc) is 3.14. The number of hydrogen-bond acceptors (Lipinski definition) is 4. The number of rotatable bonds is 5. The van der Waals surface area contributed by atoms with Gasteiger partial charge in [-0.25, -0.2) is 4.98 Å². The number of aromatic nitrogens is 2. The Balaban J connectivity index is 1.80. The van der Waals surface area contributed by atoms with E-state index in [-0.39, 0.29) is 11.8 Å². The summed E-state index contributed by atoms with van der Waals surface area (Å²) in [7, 11) is 2.01. The summed E-state index contributed by atoms with van der Waals surface area (Å²) in [5, 5.41) is 15.0. The monoisotopic (exact) mass is 299 g/mol. The fraction of sp³-hybridized carbons (Fsp3) is 0.188. The Morgan fingerprint density at radius 1 is 1.29 bits per heavy atom. The van der Waals surface area contributed by atoms with E-state index in [1.54, 1.807) is 23.5 Å². The van der Waals surface area contributed by atoms with Gasteiger partial charge in [0.25, 0.3) is 0 Å². The molecule has 0 amide bonds. The van der Waals surface area contributed by atoms with E-state index in [9.17, 15) is 5.11 Å². The zero-order chi connectivity index (χ0) is 14.7. The van der Waals surface area contributed by atoms with Crippen molar-refractivity contribution in [3.8, 4) is 5.75 Å². The van der Waals surface area contributed by atoms with Gasteiger partial charge in [0.15, 0.2) is 0 Å². The standard InChI is InChI=1S/C16H17N3OS/c1-19-9-8-17-16(19)15(14-3-2-10-21-14)18-11-12-4-6-13(20)7-5-12/h2-10,15,18,20H,11H2,1H3. The molecule has 1 aromatic carbocycles. The van der Waals surface area contributed by atoms with Crippen LogP contribution in [0.5, 0.6) is 5.75 Å². The fourth-order valence-electron chi connectivity index (χ4n) is 2.26. The molecule has 0 spiro atoms. The number of imidazole rings is 1. The highest BCUT2D eigenvalue weighted by atomic mass is 32.1. The molecule has 0 aliphatic heterocycles. The summed E-state index contributed by atoms with van der Waals surface area (Å²) in [5.74, 6) is 1.29. The number of nitrogens with zero attached hydrogens (tertiary/aromatic N) is 2. The zero-order valence-electron chi connectivity index (χ0n) is 11.7. The van der Waals surface area contributed by atoms with Crippen LogP contribution in [0.1, 0.15) is 22.3 Å². The predicted octanol–water partition coefficient (Wildman–Crippen LogP) is 3.07. The van der Waals surface area contributed by atoms with Crippen molar-refractivity contribution in [2.24, 2.45) is 7.05 Å². The maximum Gasteiger partial charge on any atom is 0.131 e. The maximum absolute atomic E-state index is 9.34. The van der Waals surface area contributed by atoms with Crippen LogP contribution in [0.25, 0.3) is 0 Å². The van der Waals surface area contributed by atoms with E-state index in [0.717, 1.165) is 17.9 Å². The number of nitrogens with one attached hydrogen (secondary N) is 1. The average molecular weight is 299 g/mol. The van der Waals surface area contributed by atoms with E-state index in [1.165, 1.54) is 4.88 Å². The lowest BCUT2D eigenvalue weighted by Gasteiger charge is -2.17. The van der Waals surface area contributed by atoms with Crippen LogP contribution in [0.2, 0.25) is 0 Å². The first-order chi connectivity index (χ1) is 10.2. The third-order valence-corrected chi connectivity index (χ3v) is 4.33. The smallest absolute Gasteiger partial charge is 0.131 e. The van der Waals surface area contributed by atoms with Gasteiger partial charge >= 0.3 is 0 Å². The van der Waals surface area contributed by atoms with Crippen molar-refractivity contribution in [3.05, 3.63) is 70.4 Å². The van der Waals surface area contributed by atoms with Crippen molar-refractivity contribution in [1.82, 2.24) is 14.9 Å². The van der Waals surface area contributed by atoms with Crippen molar-refractivity contribution in [2.45, 2.75) is 12.6 Å². The number of hydrogen-bond donors (Lipinski definition) is 2. The van der Waals surface area contributed by atoms with Crippen molar-refractivity contribution in [2.75, 3.05) is 0 Å². The van der Waals surface area contributed by atoms with Crippen LogP contribution in [-0.4, -0.2) is 14.7 Å². The highest BCUT2D eigenvalue weighted by molar-refractivity contribution is 7.10. The molecule has 21 heavy (non-hydrogen) atoms. The fourth-order valence-corrected chi connectivity index (χ4v) is 3.06. The van der Waals surface area contributed by atoms with E-state index < -0.39 is 0 Å². The van der Waals surface area contributed by atoms with E-state index in [0.29, 0.717) is 0 Å². The van der Waals surface area contributed by atoms with Gasteiger partial charge in [-0.05, 0) is 29.1 Å². The Bertz CT molecular complexity index is 689. The normalized spacial score (nSPS) is 12.4. The van der Waals surface area contributed by atoms with Crippen LogP contribution in [0.15, 0.2) is 54.2 Å². The minimum absolute atomic E-state index is 0.0683. The molecule has 0 saturated carbocycles. The predicted molar refractivity (Wildman–Crippen MR) is 84.3 cm³/mol. The van der Waals surface area contributed by atoms with Crippen LogP contribution < -0.4 is 5.32 Å². The second-order valence-electron chi connectivity index (χ2n) is 4.89. The molecule has 1 atom stereocenters. The molecule has 108 valence electrons. The van der Waals surface area contributed by atoms with Crippen LogP contribution in [0, 0.1) is 0 Å². The molecule has 0 aliphatic carbocycles. The third kappa shape index (κ3) is 3.15. The molecule has 0 radical (unpaired) electrons. The first-order valence-electron chi connectivity index (χ1n) is 6.76. The maximum atomic E-state index is 9.34. The van der Waals surface area contributed by atoms with E-state index in [4.69, 9.17) is 0 Å². The molecule has 0 bridgehead atoms. The number of thiophene rings is 1. The van der Waals surface area contributed by atoms with Gasteiger partial charge in [0.1, 0.15) is 17.6 Å². The molecule has 4 nitrogen and oxygen atoms in total. The Morgan fingerprint density at radius 3 is 2.71 bits per heavy atom. The van der Waals surface area contributed by atoms with Gasteiger partial charge in [-0.2, -0.15) is 0 Å². The van der Waals surface area contributed by atoms with Gasteiger partial charge in [-0.1, -0.05) is 18.2 Å². The molecule has 2 aromatic heterocycles. The summed E-state index contributed by atoms with van der Waals surface area (Å²) in [6, 6.07) is 11.5. The summed E-state index contributed by atoms with van der Waals surface area (Å²) < 4.78 is 2.04. The van der Waals surface area contributed by atoms with E-state index in [2.05, 4.69) is 27.8 Å². The number of aromatic hydroxyl groups is 1. The quantitative estimate of drug-likeness (QED) is 0.761. The second-order valence-corrected chi connectivity index (χ2v) is 5.87. The topological polar surface area (TPSA) is 50.1 Å². The first-order valence-corrected chi connectivity index (χ1v) is 7.64. The lowest BCUT2D eigenvalue weighted by Crippen LogP contribution is -2.24. The molecule has 3 aromatic rings. The second kappa shape index (κ2) is 6.11. The number of aryl methyl sites for hydroxylation is 1. The summed E-state index contributed by atoms with van der Waals surface area (Å²) in [6.45, 7) is 0.718. The lowest BCUT2D eigenvalue weighted by molar-refractivity contribution is 0.474. The Hall–Kier alpha value is -2.11. The highest BCUT2D eigenvalue weighted by Crippen LogP contribution is 2.25. The molecule has 1 unspecified atom stereocenters. The number of phenolic OH excluding ortho intramolecular Hbond substituents is 1. The van der Waals surface area contributed by atoms with Gasteiger partial charge in [0, 0.05) is 30.9 Å².